The first-order chi connectivity index (χ1) is 7.91. The Bertz CT molecular complexity index is 568. The Labute approximate surface area is 93.1 Å². The third-order valence-electron chi connectivity index (χ3n) is 2.10. The molecule has 0 N–H and O–H groups in total. The second-order valence-electron chi connectivity index (χ2n) is 3.22. The van der Waals surface area contributed by atoms with Gasteiger partial charge < -0.3 is 4.74 Å². The summed E-state index contributed by atoms with van der Waals surface area (Å²) in [7, 11) is 1.36. The number of halogens is 4. The van der Waals surface area contributed by atoms with Gasteiger partial charge >= 0.3 is 6.18 Å². The van der Waals surface area contributed by atoms with Gasteiger partial charge in [-0.3, -0.25) is 0 Å². The van der Waals surface area contributed by atoms with Crippen LogP contribution in [-0.2, 0) is 6.18 Å². The number of methoxy groups -OCH3 is 1. The fourth-order valence-electron chi connectivity index (χ4n) is 1.32. The molecule has 0 radical (unpaired) electrons. The van der Waals surface area contributed by atoms with Gasteiger partial charge in [-0.05, 0) is 12.1 Å². The minimum Gasteiger partial charge on any atom is -0.497 e. The van der Waals surface area contributed by atoms with E-state index in [-0.39, 0.29) is 11.0 Å². The predicted molar refractivity (Wildman–Crippen MR) is 51.1 cm³/mol. The molecule has 0 amide bonds. The number of fused-ring (bicyclic) bond motifs is 1. The molecule has 0 bridgehead atoms. The maximum absolute atomic E-state index is 13.1. The molecule has 17 heavy (non-hydrogen) atoms. The summed E-state index contributed by atoms with van der Waals surface area (Å²) in [6.07, 6.45) is -4.87. The van der Waals surface area contributed by atoms with E-state index in [0.29, 0.717) is 5.75 Å². The number of benzene rings is 1. The van der Waals surface area contributed by atoms with Crippen LogP contribution in [-0.4, -0.2) is 17.1 Å². The summed E-state index contributed by atoms with van der Waals surface area (Å²) in [5, 5.41) is 0. The van der Waals surface area contributed by atoms with Crippen molar-refractivity contribution in [3.05, 3.63) is 29.8 Å². The van der Waals surface area contributed by atoms with Gasteiger partial charge in [0.05, 0.1) is 18.1 Å². The van der Waals surface area contributed by atoms with E-state index in [9.17, 15) is 17.6 Å². The van der Waals surface area contributed by atoms with Gasteiger partial charge in [0.2, 0.25) is 5.95 Å². The van der Waals surface area contributed by atoms with Crippen molar-refractivity contribution in [2.24, 2.45) is 0 Å². The van der Waals surface area contributed by atoms with E-state index in [2.05, 4.69) is 9.97 Å². The van der Waals surface area contributed by atoms with E-state index < -0.39 is 17.8 Å². The monoisotopic (exact) mass is 246 g/mol. The predicted octanol–water partition coefficient (Wildman–Crippen LogP) is 2.80. The van der Waals surface area contributed by atoms with Crippen molar-refractivity contribution in [1.82, 2.24) is 9.97 Å². The van der Waals surface area contributed by atoms with Crippen molar-refractivity contribution in [3.63, 3.8) is 0 Å². The van der Waals surface area contributed by atoms with Crippen molar-refractivity contribution in [2.75, 3.05) is 7.11 Å². The van der Waals surface area contributed by atoms with Crippen LogP contribution in [0.1, 0.15) is 5.69 Å². The summed E-state index contributed by atoms with van der Waals surface area (Å²) in [6.45, 7) is 0. The summed E-state index contributed by atoms with van der Waals surface area (Å²) in [5.41, 5.74) is -1.66. The number of ether oxygens (including phenoxy) is 1. The molecular formula is C10H6F4N2O. The average molecular weight is 246 g/mol. The molecule has 0 saturated heterocycles. The molecule has 0 atom stereocenters. The minimum atomic E-state index is -4.87. The normalized spacial score (nSPS) is 11.8. The molecule has 0 saturated carbocycles. The van der Waals surface area contributed by atoms with Crippen molar-refractivity contribution in [3.8, 4) is 5.75 Å². The quantitative estimate of drug-likeness (QED) is 0.726. The van der Waals surface area contributed by atoms with Crippen LogP contribution in [0.5, 0.6) is 5.75 Å². The smallest absolute Gasteiger partial charge is 0.437 e. The highest BCUT2D eigenvalue weighted by atomic mass is 19.4. The first kappa shape index (κ1) is 11.6. The van der Waals surface area contributed by atoms with Gasteiger partial charge in [-0.25, -0.2) is 9.97 Å². The number of aromatic nitrogens is 2. The highest BCUT2D eigenvalue weighted by Crippen LogP contribution is 2.30. The SMILES string of the molecule is COc1ccc2nc(F)c(C(F)(F)F)nc2c1. The summed E-state index contributed by atoms with van der Waals surface area (Å²) < 4.78 is 55.1. The summed E-state index contributed by atoms with van der Waals surface area (Å²) >= 11 is 0. The molecule has 7 heteroatoms. The average Bonchev–Trinajstić information content (AvgIpc) is 2.26. The van der Waals surface area contributed by atoms with Crippen LogP contribution in [0.15, 0.2) is 18.2 Å². The molecule has 1 heterocycles. The van der Waals surface area contributed by atoms with Gasteiger partial charge in [0.25, 0.3) is 0 Å². The lowest BCUT2D eigenvalue weighted by atomic mass is 10.2. The number of rotatable bonds is 1. The number of nitrogens with zero attached hydrogens (tertiary/aromatic N) is 2. The number of alkyl halides is 3. The largest absolute Gasteiger partial charge is 0.497 e. The Kier molecular flexibility index (Phi) is 2.60. The van der Waals surface area contributed by atoms with E-state index in [0.717, 1.165) is 0 Å². The van der Waals surface area contributed by atoms with Crippen LogP contribution in [0, 0.1) is 5.95 Å². The van der Waals surface area contributed by atoms with Crippen LogP contribution in [0.3, 0.4) is 0 Å². The summed E-state index contributed by atoms with van der Waals surface area (Å²) in [6, 6.07) is 4.06. The van der Waals surface area contributed by atoms with Crippen molar-refractivity contribution in [2.45, 2.75) is 6.18 Å². The highest BCUT2D eigenvalue weighted by Gasteiger charge is 2.37. The Morgan fingerprint density at radius 1 is 1.12 bits per heavy atom. The van der Waals surface area contributed by atoms with Crippen molar-refractivity contribution < 1.29 is 22.3 Å². The molecule has 0 fully saturated rings. The fourth-order valence-corrected chi connectivity index (χ4v) is 1.32. The zero-order valence-corrected chi connectivity index (χ0v) is 8.55. The molecule has 0 aliphatic rings. The molecule has 0 unspecified atom stereocenters. The van der Waals surface area contributed by atoms with Crippen molar-refractivity contribution >= 4 is 11.0 Å². The van der Waals surface area contributed by atoms with Crippen LogP contribution in [0.25, 0.3) is 11.0 Å². The maximum atomic E-state index is 13.1. The Morgan fingerprint density at radius 3 is 2.41 bits per heavy atom. The molecule has 0 spiro atoms. The third-order valence-corrected chi connectivity index (χ3v) is 2.10. The van der Waals surface area contributed by atoms with Crippen LogP contribution in [0.2, 0.25) is 0 Å². The van der Waals surface area contributed by atoms with Gasteiger partial charge in [-0.1, -0.05) is 0 Å². The van der Waals surface area contributed by atoms with Crippen molar-refractivity contribution in [1.29, 1.82) is 0 Å². The Balaban J connectivity index is 2.69. The molecule has 0 aliphatic carbocycles. The molecule has 2 rings (SSSR count). The summed E-state index contributed by atoms with van der Waals surface area (Å²) in [4.78, 5) is 6.42. The number of hydrogen-bond acceptors (Lipinski definition) is 3. The van der Waals surface area contributed by atoms with Crippen LogP contribution >= 0.6 is 0 Å². The first-order valence-electron chi connectivity index (χ1n) is 4.50. The zero-order valence-electron chi connectivity index (χ0n) is 8.55. The van der Waals surface area contributed by atoms with E-state index in [1.807, 2.05) is 0 Å². The van der Waals surface area contributed by atoms with Gasteiger partial charge in [-0.15, -0.1) is 0 Å². The van der Waals surface area contributed by atoms with Gasteiger partial charge in [0.1, 0.15) is 5.75 Å². The lowest BCUT2D eigenvalue weighted by Gasteiger charge is -2.08. The molecule has 1 aromatic carbocycles. The lowest BCUT2D eigenvalue weighted by Crippen LogP contribution is -2.12. The second-order valence-corrected chi connectivity index (χ2v) is 3.22. The third kappa shape index (κ3) is 2.13. The zero-order chi connectivity index (χ0) is 12.6. The number of hydrogen-bond donors (Lipinski definition) is 0. The molecule has 1 aromatic heterocycles. The Morgan fingerprint density at radius 2 is 1.82 bits per heavy atom. The fraction of sp³-hybridized carbons (Fsp3) is 0.200. The van der Waals surface area contributed by atoms with Gasteiger partial charge in [-0.2, -0.15) is 17.6 Å². The first-order valence-corrected chi connectivity index (χ1v) is 4.50. The minimum absolute atomic E-state index is 0.0382. The standard InChI is InChI=1S/C10H6F4N2O/c1-17-5-2-3-6-7(4-5)15-8(9(11)16-6)10(12,13)14/h2-4H,1H3. The Hall–Kier alpha value is -1.92. The van der Waals surface area contributed by atoms with E-state index >= 15 is 0 Å². The molecule has 2 aromatic rings. The maximum Gasteiger partial charge on any atom is 0.437 e. The van der Waals surface area contributed by atoms with E-state index in [1.54, 1.807) is 0 Å². The van der Waals surface area contributed by atoms with Crippen LogP contribution in [0.4, 0.5) is 17.6 Å². The summed E-state index contributed by atoms with van der Waals surface area (Å²) in [5.74, 6) is -1.30. The molecule has 3 nitrogen and oxygen atoms in total. The molecule has 90 valence electrons. The van der Waals surface area contributed by atoms with E-state index in [1.165, 1.54) is 25.3 Å². The van der Waals surface area contributed by atoms with E-state index in [4.69, 9.17) is 4.74 Å². The second kappa shape index (κ2) is 3.83. The molecular weight excluding hydrogens is 240 g/mol. The molecule has 0 aliphatic heterocycles. The van der Waals surface area contributed by atoms with Gasteiger partial charge in [0.15, 0.2) is 5.69 Å². The van der Waals surface area contributed by atoms with Crippen LogP contribution < -0.4 is 4.74 Å². The van der Waals surface area contributed by atoms with Gasteiger partial charge in [0, 0.05) is 6.07 Å². The highest BCUT2D eigenvalue weighted by molar-refractivity contribution is 5.75. The topological polar surface area (TPSA) is 35.0 Å². The lowest BCUT2D eigenvalue weighted by molar-refractivity contribution is -0.143.